The second-order valence-electron chi connectivity index (χ2n) is 4.69. The molecule has 0 bridgehead atoms. The molecule has 100 valence electrons. The lowest BCUT2D eigenvalue weighted by molar-refractivity contribution is -0.126. The van der Waals surface area contributed by atoms with Gasteiger partial charge in [-0.25, -0.2) is 0 Å². The Hall–Kier alpha value is -0.610. The first kappa shape index (κ1) is 14.5. The van der Waals surface area contributed by atoms with Gasteiger partial charge < -0.3 is 14.8 Å². The molecule has 0 saturated heterocycles. The van der Waals surface area contributed by atoms with E-state index in [4.69, 9.17) is 9.47 Å². The zero-order valence-electron chi connectivity index (χ0n) is 10.9. The molecular weight excluding hydrogens is 218 g/mol. The Morgan fingerprint density at radius 2 is 2.06 bits per heavy atom. The number of carbonyl (C=O) groups is 1. The lowest BCUT2D eigenvalue weighted by Crippen LogP contribution is -2.29. The third kappa shape index (κ3) is 7.34. The van der Waals surface area contributed by atoms with E-state index < -0.39 is 0 Å². The molecule has 0 spiro atoms. The summed E-state index contributed by atoms with van der Waals surface area (Å²) in [4.78, 5) is 11.3. The van der Waals surface area contributed by atoms with Crippen molar-refractivity contribution in [1.29, 1.82) is 0 Å². The van der Waals surface area contributed by atoms with Gasteiger partial charge in [0, 0.05) is 13.7 Å². The third-order valence-electron chi connectivity index (χ3n) is 3.25. The Balaban J connectivity index is 1.85. The molecular formula is C13H25NO3. The van der Waals surface area contributed by atoms with Crippen molar-refractivity contribution in [3.8, 4) is 0 Å². The van der Waals surface area contributed by atoms with Gasteiger partial charge in [0.05, 0.1) is 13.2 Å². The average molecular weight is 243 g/mol. The van der Waals surface area contributed by atoms with Crippen molar-refractivity contribution in [3.05, 3.63) is 0 Å². The van der Waals surface area contributed by atoms with Crippen molar-refractivity contribution in [3.63, 3.8) is 0 Å². The van der Waals surface area contributed by atoms with Crippen LogP contribution in [0.1, 0.15) is 38.5 Å². The number of carbonyl (C=O) groups excluding carboxylic acids is 1. The fourth-order valence-electron chi connectivity index (χ4n) is 2.28. The number of ether oxygens (including phenoxy) is 2. The zero-order chi connectivity index (χ0) is 12.3. The van der Waals surface area contributed by atoms with E-state index in [9.17, 15) is 4.79 Å². The molecule has 0 aliphatic heterocycles. The number of methoxy groups -OCH3 is 1. The normalized spacial score (nSPS) is 16.3. The zero-order valence-corrected chi connectivity index (χ0v) is 10.9. The number of amides is 1. The summed E-state index contributed by atoms with van der Waals surface area (Å²) < 4.78 is 9.95. The fourth-order valence-corrected chi connectivity index (χ4v) is 2.28. The Morgan fingerprint density at radius 1 is 1.29 bits per heavy atom. The van der Waals surface area contributed by atoms with Gasteiger partial charge in [-0.2, -0.15) is 0 Å². The van der Waals surface area contributed by atoms with Gasteiger partial charge >= 0.3 is 0 Å². The van der Waals surface area contributed by atoms with E-state index >= 15 is 0 Å². The largest absolute Gasteiger partial charge is 0.382 e. The molecule has 1 rings (SSSR count). The van der Waals surface area contributed by atoms with Crippen LogP contribution in [0.4, 0.5) is 0 Å². The molecule has 4 heteroatoms. The van der Waals surface area contributed by atoms with E-state index in [1.165, 1.54) is 32.1 Å². The van der Waals surface area contributed by atoms with Gasteiger partial charge in [-0.15, -0.1) is 0 Å². The topological polar surface area (TPSA) is 47.6 Å². The quantitative estimate of drug-likeness (QED) is 0.627. The van der Waals surface area contributed by atoms with Crippen molar-refractivity contribution < 1.29 is 14.3 Å². The van der Waals surface area contributed by atoms with Gasteiger partial charge in [0.25, 0.3) is 0 Å². The second kappa shape index (κ2) is 9.42. The minimum absolute atomic E-state index is 0.0208. The van der Waals surface area contributed by atoms with Crippen molar-refractivity contribution >= 4 is 5.91 Å². The highest BCUT2D eigenvalue weighted by Crippen LogP contribution is 2.28. The minimum atomic E-state index is -0.0208. The standard InChI is InChI=1S/C13H25NO3/c1-16-9-10-17-11-13(15)14-8-4-7-12-5-2-3-6-12/h12H,2-11H2,1H3,(H,14,15). The van der Waals surface area contributed by atoms with Crippen LogP contribution >= 0.6 is 0 Å². The van der Waals surface area contributed by atoms with E-state index in [0.717, 1.165) is 18.9 Å². The van der Waals surface area contributed by atoms with Crippen LogP contribution in [0.2, 0.25) is 0 Å². The van der Waals surface area contributed by atoms with E-state index in [0.29, 0.717) is 13.2 Å². The van der Waals surface area contributed by atoms with E-state index in [-0.39, 0.29) is 12.5 Å². The number of rotatable bonds is 9. The van der Waals surface area contributed by atoms with Crippen LogP contribution in [0.25, 0.3) is 0 Å². The molecule has 0 atom stereocenters. The molecule has 1 saturated carbocycles. The van der Waals surface area contributed by atoms with Crippen molar-refractivity contribution in [2.75, 3.05) is 33.5 Å². The van der Waals surface area contributed by atoms with Crippen molar-refractivity contribution in [2.24, 2.45) is 5.92 Å². The molecule has 1 N–H and O–H groups in total. The van der Waals surface area contributed by atoms with Gasteiger partial charge in [0.1, 0.15) is 6.61 Å². The molecule has 0 unspecified atom stereocenters. The summed E-state index contributed by atoms with van der Waals surface area (Å²) in [6.07, 6.45) is 7.90. The Labute approximate surface area is 104 Å². The molecule has 1 amide bonds. The van der Waals surface area contributed by atoms with E-state index in [2.05, 4.69) is 5.32 Å². The SMILES string of the molecule is COCCOCC(=O)NCCCC1CCCC1. The van der Waals surface area contributed by atoms with Gasteiger partial charge in [0.2, 0.25) is 5.91 Å². The number of hydrogen-bond donors (Lipinski definition) is 1. The molecule has 0 heterocycles. The van der Waals surface area contributed by atoms with Crippen LogP contribution in [-0.2, 0) is 14.3 Å². The highest BCUT2D eigenvalue weighted by molar-refractivity contribution is 5.77. The monoisotopic (exact) mass is 243 g/mol. The highest BCUT2D eigenvalue weighted by atomic mass is 16.5. The third-order valence-corrected chi connectivity index (χ3v) is 3.25. The molecule has 17 heavy (non-hydrogen) atoms. The van der Waals surface area contributed by atoms with Crippen LogP contribution in [-0.4, -0.2) is 39.4 Å². The van der Waals surface area contributed by atoms with Gasteiger partial charge in [-0.1, -0.05) is 25.7 Å². The highest BCUT2D eigenvalue weighted by Gasteiger charge is 2.14. The molecule has 4 nitrogen and oxygen atoms in total. The van der Waals surface area contributed by atoms with Gasteiger partial charge in [0.15, 0.2) is 0 Å². The van der Waals surface area contributed by atoms with Crippen LogP contribution in [0, 0.1) is 5.92 Å². The first-order chi connectivity index (χ1) is 8.33. The predicted octanol–water partition coefficient (Wildman–Crippen LogP) is 1.74. The molecule has 0 aromatic heterocycles. The van der Waals surface area contributed by atoms with Crippen LogP contribution in [0.3, 0.4) is 0 Å². The van der Waals surface area contributed by atoms with Crippen LogP contribution in [0.5, 0.6) is 0 Å². The Morgan fingerprint density at radius 3 is 2.76 bits per heavy atom. The summed E-state index contributed by atoms with van der Waals surface area (Å²) in [5.41, 5.74) is 0. The first-order valence-corrected chi connectivity index (χ1v) is 6.66. The Bertz CT molecular complexity index is 203. The maximum atomic E-state index is 11.3. The molecule has 0 radical (unpaired) electrons. The van der Waals surface area contributed by atoms with Crippen LogP contribution < -0.4 is 5.32 Å². The fraction of sp³-hybridized carbons (Fsp3) is 0.923. The van der Waals surface area contributed by atoms with Gasteiger partial charge in [-0.05, 0) is 18.8 Å². The first-order valence-electron chi connectivity index (χ1n) is 6.66. The lowest BCUT2D eigenvalue weighted by Gasteiger charge is -2.09. The van der Waals surface area contributed by atoms with E-state index in [1.54, 1.807) is 7.11 Å². The van der Waals surface area contributed by atoms with Gasteiger partial charge in [-0.3, -0.25) is 4.79 Å². The smallest absolute Gasteiger partial charge is 0.245 e. The molecule has 1 fully saturated rings. The number of hydrogen-bond acceptors (Lipinski definition) is 3. The summed E-state index contributed by atoms with van der Waals surface area (Å²) in [6, 6.07) is 0. The molecule has 1 aliphatic carbocycles. The van der Waals surface area contributed by atoms with Crippen LogP contribution in [0.15, 0.2) is 0 Å². The summed E-state index contributed by atoms with van der Waals surface area (Å²) >= 11 is 0. The van der Waals surface area contributed by atoms with Crippen molar-refractivity contribution in [2.45, 2.75) is 38.5 Å². The molecule has 0 aromatic rings. The summed E-state index contributed by atoms with van der Waals surface area (Å²) in [5.74, 6) is 0.886. The van der Waals surface area contributed by atoms with Crippen molar-refractivity contribution in [1.82, 2.24) is 5.32 Å². The number of nitrogens with one attached hydrogen (secondary N) is 1. The second-order valence-corrected chi connectivity index (χ2v) is 4.69. The Kier molecular flexibility index (Phi) is 8.01. The summed E-state index contributed by atoms with van der Waals surface area (Å²) in [5, 5.41) is 2.88. The predicted molar refractivity (Wildman–Crippen MR) is 66.9 cm³/mol. The maximum Gasteiger partial charge on any atom is 0.245 e. The lowest BCUT2D eigenvalue weighted by atomic mass is 10.0. The van der Waals surface area contributed by atoms with E-state index in [1.807, 2.05) is 0 Å². The minimum Gasteiger partial charge on any atom is -0.382 e. The summed E-state index contributed by atoms with van der Waals surface area (Å²) in [7, 11) is 1.62. The average Bonchev–Trinajstić information content (AvgIpc) is 2.83. The maximum absolute atomic E-state index is 11.3. The molecule has 0 aromatic carbocycles. The molecule has 1 aliphatic rings. The summed E-state index contributed by atoms with van der Waals surface area (Å²) in [6.45, 7) is 1.94.